The summed E-state index contributed by atoms with van der Waals surface area (Å²) < 4.78 is 7.05. The summed E-state index contributed by atoms with van der Waals surface area (Å²) in [6.07, 6.45) is 0.882. The van der Waals surface area contributed by atoms with E-state index in [0.717, 1.165) is 17.7 Å². The molecule has 1 atom stereocenters. The lowest BCUT2D eigenvalue weighted by atomic mass is 10.1. The summed E-state index contributed by atoms with van der Waals surface area (Å²) in [5.74, 6) is 0.254. The van der Waals surface area contributed by atoms with E-state index in [1.165, 1.54) is 0 Å². The van der Waals surface area contributed by atoms with E-state index in [9.17, 15) is 4.79 Å². The van der Waals surface area contributed by atoms with Gasteiger partial charge in [-0.25, -0.2) is 5.10 Å². The normalized spacial score (nSPS) is 12.6. The maximum absolute atomic E-state index is 12.6. The summed E-state index contributed by atoms with van der Waals surface area (Å²) in [6, 6.07) is 2.10. The minimum Gasteiger partial charge on any atom is -0.409 e. The molecule has 0 radical (unpaired) electrons. The van der Waals surface area contributed by atoms with Crippen molar-refractivity contribution in [2.75, 3.05) is 0 Å². The van der Waals surface area contributed by atoms with Crippen LogP contribution in [0.5, 0.6) is 0 Å². The topological polar surface area (TPSA) is 63.8 Å². The first-order chi connectivity index (χ1) is 8.95. The van der Waals surface area contributed by atoms with Crippen molar-refractivity contribution in [1.82, 2.24) is 14.8 Å². The molecule has 0 bridgehead atoms. The number of nitrogens with zero attached hydrogens (tertiary/aromatic N) is 2. The Hall–Kier alpha value is -1.69. The van der Waals surface area contributed by atoms with E-state index < -0.39 is 0 Å². The van der Waals surface area contributed by atoms with Crippen LogP contribution >= 0.6 is 12.2 Å². The predicted octanol–water partition coefficient (Wildman–Crippen LogP) is 3.15. The molecular formula is C13H17N3O2S. The van der Waals surface area contributed by atoms with Crippen LogP contribution in [0.25, 0.3) is 11.5 Å². The largest absolute Gasteiger partial charge is 0.409 e. The minimum atomic E-state index is -0.0860. The van der Waals surface area contributed by atoms with Gasteiger partial charge in [0, 0.05) is 11.7 Å². The fourth-order valence-electron chi connectivity index (χ4n) is 2.23. The van der Waals surface area contributed by atoms with Crippen molar-refractivity contribution in [2.24, 2.45) is 0 Å². The summed E-state index contributed by atoms with van der Waals surface area (Å²) >= 11 is 4.86. The van der Waals surface area contributed by atoms with Crippen LogP contribution in [-0.4, -0.2) is 14.8 Å². The zero-order valence-corrected chi connectivity index (χ0v) is 12.3. The number of hydrogen-bond acceptors (Lipinski definition) is 4. The van der Waals surface area contributed by atoms with Gasteiger partial charge in [-0.3, -0.25) is 4.79 Å². The highest BCUT2D eigenvalue weighted by atomic mass is 32.1. The summed E-state index contributed by atoms with van der Waals surface area (Å²) in [6.45, 7) is 7.88. The van der Waals surface area contributed by atoms with Crippen LogP contribution < -0.4 is 5.56 Å². The molecule has 0 aromatic carbocycles. The fourth-order valence-corrected chi connectivity index (χ4v) is 2.36. The van der Waals surface area contributed by atoms with E-state index in [1.807, 2.05) is 26.8 Å². The molecule has 5 nitrogen and oxygen atoms in total. The molecule has 1 unspecified atom stereocenters. The molecule has 0 spiro atoms. The Morgan fingerprint density at radius 3 is 2.74 bits per heavy atom. The maximum Gasteiger partial charge on any atom is 0.284 e. The molecule has 1 N–H and O–H groups in total. The van der Waals surface area contributed by atoms with Crippen molar-refractivity contribution >= 4 is 12.2 Å². The number of aryl methyl sites for hydroxylation is 2. The third-order valence-electron chi connectivity index (χ3n) is 3.32. The second-order valence-corrected chi connectivity index (χ2v) is 5.07. The van der Waals surface area contributed by atoms with Gasteiger partial charge in [0.15, 0.2) is 0 Å². The van der Waals surface area contributed by atoms with Crippen molar-refractivity contribution in [1.29, 1.82) is 0 Å². The van der Waals surface area contributed by atoms with Gasteiger partial charge in [-0.15, -0.1) is 5.10 Å². The van der Waals surface area contributed by atoms with Crippen LogP contribution in [0.1, 0.15) is 37.6 Å². The van der Waals surface area contributed by atoms with Gasteiger partial charge < -0.3 is 8.98 Å². The van der Waals surface area contributed by atoms with Gasteiger partial charge >= 0.3 is 0 Å². The number of nitrogens with one attached hydrogen (secondary N) is 1. The van der Waals surface area contributed by atoms with Crippen LogP contribution in [0.15, 0.2) is 15.3 Å². The van der Waals surface area contributed by atoms with Crippen LogP contribution in [0.4, 0.5) is 0 Å². The Bertz CT molecular complexity index is 711. The zero-order valence-electron chi connectivity index (χ0n) is 11.5. The Morgan fingerprint density at radius 1 is 1.53 bits per heavy atom. The molecule has 0 amide bonds. The molecule has 0 fully saturated rings. The lowest BCUT2D eigenvalue weighted by molar-refractivity contribution is 0.499. The number of aromatic amines is 1. The van der Waals surface area contributed by atoms with Crippen LogP contribution in [0.2, 0.25) is 0 Å². The van der Waals surface area contributed by atoms with Crippen molar-refractivity contribution in [3.8, 4) is 11.5 Å². The maximum atomic E-state index is 12.6. The second-order valence-electron chi connectivity index (χ2n) is 4.69. The molecule has 0 saturated carbocycles. The van der Waals surface area contributed by atoms with E-state index >= 15 is 0 Å². The number of aromatic nitrogens is 3. The third kappa shape index (κ3) is 2.40. The summed E-state index contributed by atoms with van der Waals surface area (Å²) in [5.41, 5.74) is 2.16. The molecule has 2 aromatic heterocycles. The number of hydrogen-bond donors (Lipinski definition) is 1. The number of pyridine rings is 1. The molecule has 2 aromatic rings. The minimum absolute atomic E-state index is 0.0860. The Kier molecular flexibility index (Phi) is 3.71. The van der Waals surface area contributed by atoms with Crippen LogP contribution in [-0.2, 0) is 0 Å². The number of rotatable bonds is 3. The molecule has 6 heteroatoms. The molecule has 102 valence electrons. The fraction of sp³-hybridized carbons (Fsp3) is 0.462. The highest BCUT2D eigenvalue weighted by molar-refractivity contribution is 7.71. The molecule has 2 heterocycles. The summed E-state index contributed by atoms with van der Waals surface area (Å²) in [7, 11) is 0. The standard InChI is InChI=1S/C13H17N3O2S/c1-5-8(3)16-9(4)6-7(2)10(12(16)17)11-14-15-13(19)18-11/h6,8H,5H2,1-4H3,(H,15,19). The average molecular weight is 279 g/mol. The third-order valence-corrected chi connectivity index (χ3v) is 3.49. The Balaban J connectivity index is 2.75. The van der Waals surface area contributed by atoms with E-state index in [1.54, 1.807) is 4.57 Å². The molecule has 2 rings (SSSR count). The molecule has 0 aliphatic carbocycles. The zero-order chi connectivity index (χ0) is 14.2. The first kappa shape index (κ1) is 13.7. The van der Waals surface area contributed by atoms with Crippen LogP contribution in [0.3, 0.4) is 0 Å². The predicted molar refractivity (Wildman–Crippen MR) is 75.9 cm³/mol. The highest BCUT2D eigenvalue weighted by Crippen LogP contribution is 2.20. The molecule has 19 heavy (non-hydrogen) atoms. The van der Waals surface area contributed by atoms with Crippen molar-refractivity contribution in [2.45, 2.75) is 40.2 Å². The average Bonchev–Trinajstić information content (AvgIpc) is 2.74. The van der Waals surface area contributed by atoms with Crippen LogP contribution in [0, 0.1) is 18.7 Å². The van der Waals surface area contributed by atoms with Gasteiger partial charge in [0.1, 0.15) is 5.56 Å². The number of H-pyrrole nitrogens is 1. The molecular weight excluding hydrogens is 262 g/mol. The van der Waals surface area contributed by atoms with Gasteiger partial charge in [-0.2, -0.15) is 0 Å². The lowest BCUT2D eigenvalue weighted by Gasteiger charge is -2.18. The van der Waals surface area contributed by atoms with E-state index in [4.69, 9.17) is 16.6 Å². The Labute approximate surface area is 116 Å². The summed E-state index contributed by atoms with van der Waals surface area (Å²) in [4.78, 5) is 12.8. The quantitative estimate of drug-likeness (QED) is 0.877. The van der Waals surface area contributed by atoms with Gasteiger partial charge in [0.25, 0.3) is 16.3 Å². The van der Waals surface area contributed by atoms with E-state index in [-0.39, 0.29) is 22.3 Å². The molecule has 0 aliphatic rings. The molecule has 0 saturated heterocycles. The van der Waals surface area contributed by atoms with E-state index in [2.05, 4.69) is 17.1 Å². The van der Waals surface area contributed by atoms with Crippen molar-refractivity contribution < 1.29 is 4.42 Å². The Morgan fingerprint density at radius 2 is 2.21 bits per heavy atom. The van der Waals surface area contributed by atoms with Gasteiger partial charge in [0.05, 0.1) is 0 Å². The molecule has 0 aliphatic heterocycles. The monoisotopic (exact) mass is 279 g/mol. The highest BCUT2D eigenvalue weighted by Gasteiger charge is 2.18. The van der Waals surface area contributed by atoms with Gasteiger partial charge in [-0.1, -0.05) is 6.92 Å². The first-order valence-electron chi connectivity index (χ1n) is 6.24. The summed E-state index contributed by atoms with van der Waals surface area (Å²) in [5, 5.41) is 6.50. The first-order valence-corrected chi connectivity index (χ1v) is 6.65. The smallest absolute Gasteiger partial charge is 0.284 e. The lowest BCUT2D eigenvalue weighted by Crippen LogP contribution is -2.27. The second kappa shape index (κ2) is 5.13. The van der Waals surface area contributed by atoms with Crippen molar-refractivity contribution in [3.63, 3.8) is 0 Å². The van der Waals surface area contributed by atoms with E-state index in [0.29, 0.717) is 5.56 Å². The van der Waals surface area contributed by atoms with Gasteiger partial charge in [0.2, 0.25) is 0 Å². The SMILES string of the molecule is CCC(C)n1c(C)cc(C)c(-c2n[nH]c(=S)o2)c1=O. The van der Waals surface area contributed by atoms with Gasteiger partial charge in [-0.05, 0) is 51.0 Å². The van der Waals surface area contributed by atoms with Crippen molar-refractivity contribution in [3.05, 3.63) is 32.5 Å².